The van der Waals surface area contributed by atoms with E-state index in [4.69, 9.17) is 4.74 Å². The van der Waals surface area contributed by atoms with E-state index in [2.05, 4.69) is 65.6 Å². The highest BCUT2D eigenvalue weighted by molar-refractivity contribution is 5.83. The van der Waals surface area contributed by atoms with Crippen LogP contribution in [0.1, 0.15) is 30.0 Å². The Kier molecular flexibility index (Phi) is 5.07. The summed E-state index contributed by atoms with van der Waals surface area (Å²) < 4.78 is 5.06. The van der Waals surface area contributed by atoms with Crippen molar-refractivity contribution < 1.29 is 9.53 Å². The summed E-state index contributed by atoms with van der Waals surface area (Å²) in [6, 6.07) is 21.3. The molecule has 0 saturated carbocycles. The van der Waals surface area contributed by atoms with Gasteiger partial charge in [0, 0.05) is 23.9 Å². The van der Waals surface area contributed by atoms with Gasteiger partial charge in [-0.05, 0) is 59.7 Å². The van der Waals surface area contributed by atoms with Crippen LogP contribution in [0.3, 0.4) is 0 Å². The molecule has 0 spiro atoms. The lowest BCUT2D eigenvalue weighted by Gasteiger charge is -2.31. The van der Waals surface area contributed by atoms with Gasteiger partial charge in [0.15, 0.2) is 0 Å². The monoisotopic (exact) mass is 369 g/mol. The van der Waals surface area contributed by atoms with Gasteiger partial charge in [-0.2, -0.15) is 0 Å². The Morgan fingerprint density at radius 1 is 0.964 bits per heavy atom. The molecule has 2 aromatic carbocycles. The molecule has 0 amide bonds. The number of allylic oxidation sites excluding steroid dienone is 1. The number of carbonyl (C=O) groups is 1. The molecule has 3 heteroatoms. The third-order valence-electron chi connectivity index (χ3n) is 5.44. The molecular weight excluding hydrogens is 346 g/mol. The highest BCUT2D eigenvalue weighted by atomic mass is 16.5. The minimum absolute atomic E-state index is 0.225. The first-order valence-electron chi connectivity index (χ1n) is 9.66. The maximum absolute atomic E-state index is 11.9. The van der Waals surface area contributed by atoms with Crippen molar-refractivity contribution in [3.63, 3.8) is 0 Å². The molecule has 0 saturated heterocycles. The predicted molar refractivity (Wildman–Crippen MR) is 111 cm³/mol. The van der Waals surface area contributed by atoms with Crippen LogP contribution in [-0.4, -0.2) is 17.6 Å². The Morgan fingerprint density at radius 2 is 1.57 bits per heavy atom. The van der Waals surface area contributed by atoms with Crippen molar-refractivity contribution in [1.82, 2.24) is 4.98 Å². The van der Waals surface area contributed by atoms with Crippen molar-refractivity contribution in [1.29, 1.82) is 0 Å². The normalized spacial score (nSPS) is 13.9. The second-order valence-corrected chi connectivity index (χ2v) is 7.06. The van der Waals surface area contributed by atoms with E-state index in [9.17, 15) is 4.79 Å². The van der Waals surface area contributed by atoms with Gasteiger partial charge >= 0.3 is 5.97 Å². The van der Waals surface area contributed by atoms with Gasteiger partial charge < -0.3 is 4.74 Å². The van der Waals surface area contributed by atoms with Crippen molar-refractivity contribution in [2.45, 2.75) is 25.2 Å². The maximum atomic E-state index is 11.9. The average molecular weight is 369 g/mol. The van der Waals surface area contributed by atoms with Crippen LogP contribution in [0.4, 0.5) is 0 Å². The van der Waals surface area contributed by atoms with Crippen LogP contribution in [-0.2, 0) is 21.4 Å². The minimum atomic E-state index is -0.291. The molecule has 0 N–H and O–H groups in total. The van der Waals surface area contributed by atoms with E-state index in [0.717, 1.165) is 12.8 Å². The fourth-order valence-electron chi connectivity index (χ4n) is 4.29. The van der Waals surface area contributed by atoms with E-state index in [1.165, 1.54) is 27.8 Å². The Labute approximate surface area is 165 Å². The molecule has 140 valence electrons. The predicted octanol–water partition coefficient (Wildman–Crippen LogP) is 5.10. The number of ether oxygens (including phenoxy) is 1. The van der Waals surface area contributed by atoms with Crippen LogP contribution >= 0.6 is 0 Å². The first-order chi connectivity index (χ1) is 13.7. The molecule has 1 heterocycles. The van der Waals surface area contributed by atoms with E-state index in [1.807, 2.05) is 25.4 Å². The molecule has 0 aliphatic heterocycles. The molecule has 0 unspecified atom stereocenters. The Bertz CT molecular complexity index is 962. The molecule has 3 nitrogen and oxygen atoms in total. The number of nitrogens with zero attached hydrogens (tertiary/aromatic N) is 1. The first-order valence-corrected chi connectivity index (χ1v) is 9.66. The SMILES string of the molecule is CCOC(=O)C=CCC1(Cc2ccncc2)c2ccccc2-c2ccccc21. The van der Waals surface area contributed by atoms with Crippen LogP contribution in [0.15, 0.2) is 85.2 Å². The number of esters is 1. The number of aromatic nitrogens is 1. The molecule has 0 fully saturated rings. The largest absolute Gasteiger partial charge is 0.463 e. The van der Waals surface area contributed by atoms with Crippen LogP contribution < -0.4 is 0 Å². The van der Waals surface area contributed by atoms with Gasteiger partial charge in [0.25, 0.3) is 0 Å². The third-order valence-corrected chi connectivity index (χ3v) is 5.44. The summed E-state index contributed by atoms with van der Waals surface area (Å²) in [4.78, 5) is 16.0. The van der Waals surface area contributed by atoms with Gasteiger partial charge in [0.1, 0.15) is 0 Å². The van der Waals surface area contributed by atoms with Gasteiger partial charge in [-0.25, -0.2) is 4.79 Å². The van der Waals surface area contributed by atoms with Crippen molar-refractivity contribution in [3.8, 4) is 11.1 Å². The quantitative estimate of drug-likeness (QED) is 0.448. The highest BCUT2D eigenvalue weighted by Gasteiger charge is 2.42. The number of benzene rings is 2. The zero-order valence-electron chi connectivity index (χ0n) is 16.0. The molecule has 3 aromatic rings. The lowest BCUT2D eigenvalue weighted by atomic mass is 9.71. The summed E-state index contributed by atoms with van der Waals surface area (Å²) in [5.74, 6) is -0.291. The lowest BCUT2D eigenvalue weighted by molar-refractivity contribution is -0.137. The molecule has 1 aliphatic carbocycles. The van der Waals surface area contributed by atoms with Gasteiger partial charge in [-0.15, -0.1) is 0 Å². The molecule has 1 aromatic heterocycles. The number of fused-ring (bicyclic) bond motifs is 3. The second-order valence-electron chi connectivity index (χ2n) is 7.06. The number of hydrogen-bond acceptors (Lipinski definition) is 3. The topological polar surface area (TPSA) is 39.2 Å². The van der Waals surface area contributed by atoms with Gasteiger partial charge in [0.2, 0.25) is 0 Å². The first kappa shape index (κ1) is 18.2. The van der Waals surface area contributed by atoms with Crippen LogP contribution in [0.5, 0.6) is 0 Å². The molecule has 0 radical (unpaired) electrons. The van der Waals surface area contributed by atoms with Crippen LogP contribution in [0, 0.1) is 0 Å². The number of carbonyl (C=O) groups excluding carboxylic acids is 1. The third kappa shape index (κ3) is 3.24. The molecule has 4 rings (SSSR count). The summed E-state index contributed by atoms with van der Waals surface area (Å²) in [6.07, 6.45) is 8.76. The second kappa shape index (κ2) is 7.81. The van der Waals surface area contributed by atoms with E-state index in [0.29, 0.717) is 6.61 Å². The summed E-state index contributed by atoms with van der Waals surface area (Å²) in [6.45, 7) is 2.21. The summed E-state index contributed by atoms with van der Waals surface area (Å²) in [7, 11) is 0. The Hall–Kier alpha value is -3.20. The van der Waals surface area contributed by atoms with Crippen molar-refractivity contribution in [2.75, 3.05) is 6.61 Å². The van der Waals surface area contributed by atoms with Crippen molar-refractivity contribution in [2.24, 2.45) is 0 Å². The summed E-state index contributed by atoms with van der Waals surface area (Å²) >= 11 is 0. The molecule has 0 atom stereocenters. The fraction of sp³-hybridized carbons (Fsp3) is 0.200. The van der Waals surface area contributed by atoms with Crippen LogP contribution in [0.25, 0.3) is 11.1 Å². The molecule has 0 bridgehead atoms. The zero-order chi connectivity index (χ0) is 19.4. The lowest BCUT2D eigenvalue weighted by Crippen LogP contribution is -2.27. The number of hydrogen-bond donors (Lipinski definition) is 0. The zero-order valence-corrected chi connectivity index (χ0v) is 16.0. The maximum Gasteiger partial charge on any atom is 0.330 e. The Balaban J connectivity index is 1.82. The van der Waals surface area contributed by atoms with E-state index in [1.54, 1.807) is 6.08 Å². The Morgan fingerprint density at radius 3 is 2.18 bits per heavy atom. The van der Waals surface area contributed by atoms with Gasteiger partial charge in [-0.1, -0.05) is 54.6 Å². The van der Waals surface area contributed by atoms with Gasteiger partial charge in [-0.3, -0.25) is 4.98 Å². The minimum Gasteiger partial charge on any atom is -0.463 e. The standard InChI is InChI=1S/C25H23NO2/c1-2-28-24(27)12-7-15-25(18-19-13-16-26-17-14-19)22-10-5-3-8-20(22)21-9-4-6-11-23(21)25/h3-14,16-17H,2,15,18H2,1H3. The van der Waals surface area contributed by atoms with Crippen molar-refractivity contribution in [3.05, 3.63) is 102 Å². The average Bonchev–Trinajstić information content (AvgIpc) is 3.00. The molecular formula is C25H23NO2. The van der Waals surface area contributed by atoms with E-state index in [-0.39, 0.29) is 11.4 Å². The van der Waals surface area contributed by atoms with E-state index >= 15 is 0 Å². The smallest absolute Gasteiger partial charge is 0.330 e. The fourth-order valence-corrected chi connectivity index (χ4v) is 4.29. The summed E-state index contributed by atoms with van der Waals surface area (Å²) in [5, 5.41) is 0. The van der Waals surface area contributed by atoms with Crippen LogP contribution in [0.2, 0.25) is 0 Å². The molecule has 28 heavy (non-hydrogen) atoms. The summed E-state index contributed by atoms with van der Waals surface area (Å²) in [5.41, 5.74) is 6.17. The highest BCUT2D eigenvalue weighted by Crippen LogP contribution is 2.52. The van der Waals surface area contributed by atoms with Crippen molar-refractivity contribution >= 4 is 5.97 Å². The number of rotatable bonds is 6. The number of pyridine rings is 1. The molecule has 1 aliphatic rings. The van der Waals surface area contributed by atoms with E-state index < -0.39 is 0 Å². The van der Waals surface area contributed by atoms with Gasteiger partial charge in [0.05, 0.1) is 6.61 Å².